The molecule has 0 bridgehead atoms. The summed E-state index contributed by atoms with van der Waals surface area (Å²) in [7, 11) is -4.07. The summed E-state index contributed by atoms with van der Waals surface area (Å²) in [5, 5.41) is 2.90. The van der Waals surface area contributed by atoms with E-state index < -0.39 is 33.7 Å². The second-order valence-electron chi connectivity index (χ2n) is 10.2. The van der Waals surface area contributed by atoms with Gasteiger partial charge in [0.25, 0.3) is 10.0 Å². The molecule has 0 saturated heterocycles. The third-order valence-corrected chi connectivity index (χ3v) is 6.57. The number of ether oxygens (including phenoxy) is 2. The lowest BCUT2D eigenvalue weighted by molar-refractivity contribution is 0.0492. The Kier molecular flexibility index (Phi) is 9.11. The Morgan fingerprint density at radius 1 is 0.971 bits per heavy atom. The Balaban J connectivity index is 2.59. The standard InChI is InChI=1S/C27H38N2O5S/c1-17(2)33-25(29-35(31,32)23-16-19(4)13-14-20(23)5)21(6)24(22-12-10-11-18(3)15-22)28-26(30)34-27(7,8)9/h10-17,21,24H,1-9H3,(H,28,30)/b29-25+/t21-,24+/m1/s1. The normalized spacial score (nSPS) is 14.4. The minimum Gasteiger partial charge on any atom is -0.477 e. The molecule has 0 fully saturated rings. The van der Waals surface area contributed by atoms with Crippen LogP contribution in [0.25, 0.3) is 0 Å². The van der Waals surface area contributed by atoms with E-state index >= 15 is 0 Å². The molecule has 35 heavy (non-hydrogen) atoms. The Hall–Kier alpha value is -2.87. The molecule has 0 aromatic heterocycles. The van der Waals surface area contributed by atoms with Gasteiger partial charge in [-0.05, 0) is 78.1 Å². The van der Waals surface area contributed by atoms with Gasteiger partial charge < -0.3 is 14.8 Å². The van der Waals surface area contributed by atoms with Gasteiger partial charge in [0, 0.05) is 0 Å². The van der Waals surface area contributed by atoms with Crippen LogP contribution in [0.15, 0.2) is 51.8 Å². The summed E-state index contributed by atoms with van der Waals surface area (Å²) in [6.07, 6.45) is -0.943. The first-order chi connectivity index (χ1) is 16.1. The number of carbonyl (C=O) groups excluding carboxylic acids is 1. The van der Waals surface area contributed by atoms with Gasteiger partial charge >= 0.3 is 6.09 Å². The fraction of sp³-hybridized carbons (Fsp3) is 0.481. The van der Waals surface area contributed by atoms with Crippen molar-refractivity contribution in [2.45, 2.75) is 85.0 Å². The summed E-state index contributed by atoms with van der Waals surface area (Å²) >= 11 is 0. The first kappa shape index (κ1) is 28.4. The average molecular weight is 503 g/mol. The highest BCUT2D eigenvalue weighted by Gasteiger charge is 2.31. The molecule has 0 unspecified atom stereocenters. The van der Waals surface area contributed by atoms with Gasteiger partial charge in [0.1, 0.15) is 5.60 Å². The van der Waals surface area contributed by atoms with Crippen molar-refractivity contribution in [3.05, 3.63) is 64.7 Å². The van der Waals surface area contributed by atoms with Gasteiger partial charge in [-0.15, -0.1) is 4.40 Å². The largest absolute Gasteiger partial charge is 0.477 e. The molecular weight excluding hydrogens is 464 g/mol. The molecule has 2 aromatic rings. The molecule has 2 rings (SSSR count). The molecule has 2 aromatic carbocycles. The number of carbonyl (C=O) groups is 1. The van der Waals surface area contributed by atoms with E-state index in [-0.39, 0.29) is 16.9 Å². The molecule has 0 aliphatic carbocycles. The maximum absolute atomic E-state index is 13.3. The summed E-state index contributed by atoms with van der Waals surface area (Å²) in [4.78, 5) is 12.9. The van der Waals surface area contributed by atoms with E-state index in [2.05, 4.69) is 9.71 Å². The first-order valence-corrected chi connectivity index (χ1v) is 13.2. The van der Waals surface area contributed by atoms with E-state index in [1.165, 1.54) is 0 Å². The number of nitrogens with one attached hydrogen (secondary N) is 1. The molecule has 7 nitrogen and oxygen atoms in total. The minimum atomic E-state index is -4.07. The number of rotatable bonds is 7. The van der Waals surface area contributed by atoms with Gasteiger partial charge in [0.15, 0.2) is 0 Å². The van der Waals surface area contributed by atoms with Crippen molar-refractivity contribution in [3.8, 4) is 0 Å². The van der Waals surface area contributed by atoms with Crippen molar-refractivity contribution in [1.82, 2.24) is 5.32 Å². The van der Waals surface area contributed by atoms with Crippen molar-refractivity contribution >= 4 is 22.0 Å². The van der Waals surface area contributed by atoms with Crippen LogP contribution in [0.3, 0.4) is 0 Å². The third kappa shape index (κ3) is 8.38. The molecule has 1 amide bonds. The van der Waals surface area contributed by atoms with Crippen LogP contribution in [0.2, 0.25) is 0 Å². The van der Waals surface area contributed by atoms with Crippen LogP contribution in [-0.2, 0) is 19.5 Å². The van der Waals surface area contributed by atoms with Crippen molar-refractivity contribution in [3.63, 3.8) is 0 Å². The maximum Gasteiger partial charge on any atom is 0.408 e. The van der Waals surface area contributed by atoms with E-state index in [0.717, 1.165) is 16.7 Å². The predicted octanol–water partition coefficient (Wildman–Crippen LogP) is 6.03. The van der Waals surface area contributed by atoms with Crippen LogP contribution >= 0.6 is 0 Å². The zero-order chi connectivity index (χ0) is 26.6. The molecule has 0 aliphatic rings. The highest BCUT2D eigenvalue weighted by Crippen LogP contribution is 2.28. The van der Waals surface area contributed by atoms with E-state index in [0.29, 0.717) is 5.56 Å². The number of benzene rings is 2. The van der Waals surface area contributed by atoms with Gasteiger partial charge in [-0.1, -0.05) is 48.9 Å². The molecular formula is C27H38N2O5S. The minimum absolute atomic E-state index is 0.0171. The zero-order valence-electron chi connectivity index (χ0n) is 22.2. The third-order valence-electron chi connectivity index (χ3n) is 5.15. The van der Waals surface area contributed by atoms with Crippen LogP contribution in [-0.4, -0.2) is 32.1 Å². The van der Waals surface area contributed by atoms with Crippen LogP contribution in [0, 0.1) is 26.7 Å². The summed E-state index contributed by atoms with van der Waals surface area (Å²) in [5.41, 5.74) is 2.50. The van der Waals surface area contributed by atoms with Crippen LogP contribution in [0.1, 0.15) is 69.8 Å². The molecule has 0 spiro atoms. The van der Waals surface area contributed by atoms with Crippen molar-refractivity contribution in [2.75, 3.05) is 0 Å². The second-order valence-corrected chi connectivity index (χ2v) is 11.7. The average Bonchev–Trinajstić information content (AvgIpc) is 2.71. The van der Waals surface area contributed by atoms with Gasteiger partial charge in [0.2, 0.25) is 5.90 Å². The Morgan fingerprint density at radius 3 is 2.17 bits per heavy atom. The molecule has 8 heteroatoms. The van der Waals surface area contributed by atoms with Crippen molar-refractivity contribution in [1.29, 1.82) is 0 Å². The number of hydrogen-bond donors (Lipinski definition) is 1. The lowest BCUT2D eigenvalue weighted by Crippen LogP contribution is -2.40. The molecule has 0 saturated carbocycles. The molecule has 0 heterocycles. The van der Waals surface area contributed by atoms with E-state index in [1.54, 1.807) is 60.6 Å². The summed E-state index contributed by atoms with van der Waals surface area (Å²) in [6.45, 7) is 16.2. The lowest BCUT2D eigenvalue weighted by Gasteiger charge is -2.29. The molecule has 0 aliphatic heterocycles. The number of sulfonamides is 1. The van der Waals surface area contributed by atoms with Gasteiger partial charge in [-0.3, -0.25) is 0 Å². The predicted molar refractivity (Wildman–Crippen MR) is 139 cm³/mol. The maximum atomic E-state index is 13.3. The van der Waals surface area contributed by atoms with Gasteiger partial charge in [-0.2, -0.15) is 8.42 Å². The summed E-state index contributed by atoms with van der Waals surface area (Å²) in [6, 6.07) is 12.2. The number of aryl methyl sites for hydroxylation is 3. The fourth-order valence-corrected chi connectivity index (χ4v) is 4.90. The topological polar surface area (TPSA) is 94.1 Å². The van der Waals surface area contributed by atoms with Crippen molar-refractivity contribution < 1.29 is 22.7 Å². The Morgan fingerprint density at radius 2 is 1.60 bits per heavy atom. The second kappa shape index (κ2) is 11.2. The van der Waals surface area contributed by atoms with E-state index in [9.17, 15) is 13.2 Å². The van der Waals surface area contributed by atoms with Crippen LogP contribution in [0.5, 0.6) is 0 Å². The van der Waals surface area contributed by atoms with Crippen molar-refractivity contribution in [2.24, 2.45) is 10.3 Å². The van der Waals surface area contributed by atoms with Crippen LogP contribution in [0.4, 0.5) is 4.79 Å². The number of alkyl carbamates (subject to hydrolysis) is 1. The lowest BCUT2D eigenvalue weighted by atomic mass is 9.93. The fourth-order valence-electron chi connectivity index (χ4n) is 3.54. The highest BCUT2D eigenvalue weighted by atomic mass is 32.2. The first-order valence-electron chi connectivity index (χ1n) is 11.7. The molecule has 1 N–H and O–H groups in total. The molecule has 2 atom stereocenters. The zero-order valence-corrected chi connectivity index (χ0v) is 23.0. The quantitative estimate of drug-likeness (QED) is 0.369. The SMILES string of the molecule is Cc1cccc([C@@H](NC(=O)OC(C)(C)C)[C@@H](C)/C(=N\S(=O)(=O)c2cc(C)ccc2C)OC(C)C)c1. The molecule has 192 valence electrons. The molecule has 0 radical (unpaired) electrons. The highest BCUT2D eigenvalue weighted by molar-refractivity contribution is 7.90. The van der Waals surface area contributed by atoms with E-state index in [4.69, 9.17) is 9.47 Å². The summed E-state index contributed by atoms with van der Waals surface area (Å²) < 4.78 is 42.3. The number of hydrogen-bond acceptors (Lipinski definition) is 5. The van der Waals surface area contributed by atoms with Gasteiger partial charge in [0.05, 0.1) is 23.0 Å². The van der Waals surface area contributed by atoms with Gasteiger partial charge in [-0.25, -0.2) is 4.79 Å². The Bertz CT molecular complexity index is 1180. The number of amides is 1. The summed E-state index contributed by atoms with van der Waals surface area (Å²) in [5.74, 6) is -0.602. The Labute approximate surface area is 210 Å². The monoisotopic (exact) mass is 502 g/mol. The van der Waals surface area contributed by atoms with E-state index in [1.807, 2.05) is 44.2 Å². The van der Waals surface area contributed by atoms with Crippen LogP contribution < -0.4 is 5.32 Å². The number of nitrogens with zero attached hydrogens (tertiary/aromatic N) is 1. The smallest absolute Gasteiger partial charge is 0.408 e.